The van der Waals surface area contributed by atoms with Gasteiger partial charge in [0, 0.05) is 17.7 Å². The number of alkyl halides is 3. The molecule has 5 nitrogen and oxygen atoms in total. The number of benzene rings is 2. The van der Waals surface area contributed by atoms with Gasteiger partial charge >= 0.3 is 6.18 Å². The maximum atomic E-state index is 12.7. The fourth-order valence-electron chi connectivity index (χ4n) is 2.68. The molecule has 2 aromatic carbocycles. The van der Waals surface area contributed by atoms with E-state index < -0.39 is 17.6 Å². The number of nitrogens with zero attached hydrogens (tertiary/aromatic N) is 2. The van der Waals surface area contributed by atoms with Gasteiger partial charge in [-0.1, -0.05) is 17.3 Å². The van der Waals surface area contributed by atoms with Crippen LogP contribution in [0.2, 0.25) is 0 Å². The largest absolute Gasteiger partial charge is 0.493 e. The Morgan fingerprint density at radius 2 is 1.79 bits per heavy atom. The topological polar surface area (TPSA) is 52.8 Å². The van der Waals surface area contributed by atoms with Gasteiger partial charge in [0.15, 0.2) is 16.3 Å². The third-order valence-electron chi connectivity index (χ3n) is 4.09. The number of terminal acetylenes is 1. The second-order valence-electron chi connectivity index (χ2n) is 5.84. The first kappa shape index (κ1) is 20.5. The van der Waals surface area contributed by atoms with E-state index in [1.165, 1.54) is 25.6 Å². The van der Waals surface area contributed by atoms with Crippen molar-refractivity contribution in [3.8, 4) is 23.8 Å². The molecular weight excluding hydrogens is 405 g/mol. The average molecular weight is 420 g/mol. The van der Waals surface area contributed by atoms with Crippen molar-refractivity contribution in [1.29, 1.82) is 0 Å². The summed E-state index contributed by atoms with van der Waals surface area (Å²) in [6.07, 6.45) is 0.976. The predicted molar refractivity (Wildman–Crippen MR) is 103 cm³/mol. The van der Waals surface area contributed by atoms with Gasteiger partial charge < -0.3 is 14.0 Å². The Morgan fingerprint density at radius 3 is 2.34 bits per heavy atom. The maximum Gasteiger partial charge on any atom is 0.416 e. The van der Waals surface area contributed by atoms with E-state index in [9.17, 15) is 18.0 Å². The van der Waals surface area contributed by atoms with Crippen molar-refractivity contribution in [2.75, 3.05) is 14.2 Å². The summed E-state index contributed by atoms with van der Waals surface area (Å²) in [4.78, 5) is 16.9. The van der Waals surface area contributed by atoms with Crippen LogP contribution in [0.5, 0.6) is 11.5 Å². The van der Waals surface area contributed by atoms with E-state index in [1.807, 2.05) is 0 Å². The highest BCUT2D eigenvalue weighted by Crippen LogP contribution is 2.33. The Kier molecular flexibility index (Phi) is 5.66. The van der Waals surface area contributed by atoms with Gasteiger partial charge in [-0.2, -0.15) is 18.2 Å². The van der Waals surface area contributed by atoms with Crippen LogP contribution in [-0.4, -0.2) is 24.7 Å². The standard InChI is InChI=1S/C20H15F3N2O3S/c1-4-9-25-14-10-15(27-2)16(28-3)11-17(14)29-19(25)24-18(26)12-5-7-13(8-6-12)20(21,22)23/h1,5-8,10-11H,9H2,2-3H3. The molecule has 0 fully saturated rings. The first-order valence-electron chi connectivity index (χ1n) is 8.23. The molecule has 0 saturated carbocycles. The van der Waals surface area contributed by atoms with Crippen LogP contribution in [0.15, 0.2) is 41.4 Å². The van der Waals surface area contributed by atoms with E-state index in [-0.39, 0.29) is 12.1 Å². The molecule has 0 aliphatic carbocycles. The number of methoxy groups -OCH3 is 2. The van der Waals surface area contributed by atoms with E-state index in [0.717, 1.165) is 29.0 Å². The van der Waals surface area contributed by atoms with Crippen LogP contribution in [0.1, 0.15) is 15.9 Å². The van der Waals surface area contributed by atoms with Gasteiger partial charge in [-0.25, -0.2) is 0 Å². The first-order valence-corrected chi connectivity index (χ1v) is 9.05. The van der Waals surface area contributed by atoms with Gasteiger partial charge in [-0.3, -0.25) is 4.79 Å². The number of halogens is 3. The zero-order valence-corrected chi connectivity index (χ0v) is 16.2. The molecule has 0 N–H and O–H groups in total. The Bertz CT molecular complexity index is 1170. The van der Waals surface area contributed by atoms with E-state index >= 15 is 0 Å². The molecule has 0 aliphatic rings. The van der Waals surface area contributed by atoms with Crippen molar-refractivity contribution >= 4 is 27.5 Å². The zero-order valence-electron chi connectivity index (χ0n) is 15.4. The molecule has 150 valence electrons. The molecule has 1 heterocycles. The smallest absolute Gasteiger partial charge is 0.416 e. The number of amides is 1. The number of fused-ring (bicyclic) bond motifs is 1. The van der Waals surface area contributed by atoms with Gasteiger partial charge in [-0.15, -0.1) is 6.42 Å². The molecule has 1 amide bonds. The lowest BCUT2D eigenvalue weighted by molar-refractivity contribution is -0.137. The van der Waals surface area contributed by atoms with Crippen LogP contribution in [0, 0.1) is 12.3 Å². The Balaban J connectivity index is 2.10. The van der Waals surface area contributed by atoms with Crippen molar-refractivity contribution in [3.63, 3.8) is 0 Å². The van der Waals surface area contributed by atoms with Crippen molar-refractivity contribution < 1.29 is 27.4 Å². The highest BCUT2D eigenvalue weighted by Gasteiger charge is 2.30. The minimum absolute atomic E-state index is 0.0397. The average Bonchev–Trinajstić information content (AvgIpc) is 3.02. The van der Waals surface area contributed by atoms with Crippen LogP contribution in [0.4, 0.5) is 13.2 Å². The summed E-state index contributed by atoms with van der Waals surface area (Å²) in [5, 5.41) is 0. The van der Waals surface area contributed by atoms with Crippen molar-refractivity contribution in [1.82, 2.24) is 4.57 Å². The molecule has 0 radical (unpaired) electrons. The minimum Gasteiger partial charge on any atom is -0.493 e. The Labute approximate surface area is 168 Å². The van der Waals surface area contributed by atoms with Gasteiger partial charge in [0.2, 0.25) is 0 Å². The molecule has 0 saturated heterocycles. The summed E-state index contributed by atoms with van der Waals surface area (Å²) in [5.41, 5.74) is -0.0973. The van der Waals surface area contributed by atoms with Crippen molar-refractivity contribution in [2.45, 2.75) is 12.7 Å². The van der Waals surface area contributed by atoms with E-state index in [0.29, 0.717) is 21.8 Å². The molecule has 3 aromatic rings. The number of thiazole rings is 1. The minimum atomic E-state index is -4.47. The summed E-state index contributed by atoms with van der Waals surface area (Å²) >= 11 is 1.21. The fraction of sp³-hybridized carbons (Fsp3) is 0.200. The van der Waals surface area contributed by atoms with Crippen LogP contribution in [0.25, 0.3) is 10.2 Å². The van der Waals surface area contributed by atoms with Gasteiger partial charge in [0.1, 0.15) is 0 Å². The highest BCUT2D eigenvalue weighted by atomic mass is 32.1. The van der Waals surface area contributed by atoms with Crippen LogP contribution < -0.4 is 14.3 Å². The summed E-state index contributed by atoms with van der Waals surface area (Å²) in [7, 11) is 3.01. The lowest BCUT2D eigenvalue weighted by atomic mass is 10.1. The molecule has 1 aromatic heterocycles. The normalized spacial score (nSPS) is 12.1. The SMILES string of the molecule is C#CCn1c(=NC(=O)c2ccc(C(F)(F)F)cc2)sc2cc(OC)c(OC)cc21. The monoisotopic (exact) mass is 420 g/mol. The van der Waals surface area contributed by atoms with Gasteiger partial charge in [-0.05, 0) is 24.3 Å². The Morgan fingerprint density at radius 1 is 1.17 bits per heavy atom. The van der Waals surface area contributed by atoms with Crippen LogP contribution in [-0.2, 0) is 12.7 Å². The summed E-state index contributed by atoms with van der Waals surface area (Å²) in [6.45, 7) is 0.147. The third kappa shape index (κ3) is 4.12. The van der Waals surface area contributed by atoms with E-state index in [4.69, 9.17) is 15.9 Å². The van der Waals surface area contributed by atoms with Crippen molar-refractivity contribution in [2.24, 2.45) is 4.99 Å². The number of rotatable bonds is 4. The molecule has 0 spiro atoms. The lowest BCUT2D eigenvalue weighted by Crippen LogP contribution is -2.16. The number of carbonyl (C=O) groups is 1. The number of hydrogen-bond acceptors (Lipinski definition) is 4. The fourth-order valence-corrected chi connectivity index (χ4v) is 3.72. The molecule has 0 atom stereocenters. The summed E-state index contributed by atoms with van der Waals surface area (Å²) < 4.78 is 51.1. The van der Waals surface area contributed by atoms with Crippen LogP contribution in [0.3, 0.4) is 0 Å². The number of carbonyl (C=O) groups excluding carboxylic acids is 1. The van der Waals surface area contributed by atoms with Gasteiger partial charge in [0.25, 0.3) is 5.91 Å². The first-order chi connectivity index (χ1) is 13.8. The molecule has 0 bridgehead atoms. The second-order valence-corrected chi connectivity index (χ2v) is 6.85. The molecule has 29 heavy (non-hydrogen) atoms. The zero-order chi connectivity index (χ0) is 21.2. The predicted octanol–water partition coefficient (Wildman–Crippen LogP) is 4.11. The molecule has 3 rings (SSSR count). The number of ether oxygens (including phenoxy) is 2. The van der Waals surface area contributed by atoms with Gasteiger partial charge in [0.05, 0.1) is 36.5 Å². The van der Waals surface area contributed by atoms with Crippen LogP contribution >= 0.6 is 11.3 Å². The Hall–Kier alpha value is -3.25. The maximum absolute atomic E-state index is 12.7. The molecule has 0 unspecified atom stereocenters. The molecule has 9 heteroatoms. The number of aromatic nitrogens is 1. The van der Waals surface area contributed by atoms with Crippen molar-refractivity contribution in [3.05, 3.63) is 52.3 Å². The lowest BCUT2D eigenvalue weighted by Gasteiger charge is -2.08. The molecular formula is C20H15F3N2O3S. The number of hydrogen-bond donors (Lipinski definition) is 0. The van der Waals surface area contributed by atoms with E-state index in [1.54, 1.807) is 16.7 Å². The third-order valence-corrected chi connectivity index (χ3v) is 5.13. The summed E-state index contributed by atoms with van der Waals surface area (Å²) in [6, 6.07) is 7.36. The quantitative estimate of drug-likeness (QED) is 0.597. The molecule has 0 aliphatic heterocycles. The highest BCUT2D eigenvalue weighted by molar-refractivity contribution is 7.16. The summed E-state index contributed by atoms with van der Waals surface area (Å²) in [5.74, 6) is 2.83. The second kappa shape index (κ2) is 8.01. The van der Waals surface area contributed by atoms with E-state index in [2.05, 4.69) is 10.9 Å².